The Bertz CT molecular complexity index is 3220. The van der Waals surface area contributed by atoms with Gasteiger partial charge in [-0.15, -0.1) is 0 Å². The molecule has 0 aliphatic rings. The lowest BCUT2D eigenvalue weighted by Crippen LogP contribution is -1.93. The average Bonchev–Trinajstić information content (AvgIpc) is 3.64. The lowest BCUT2D eigenvalue weighted by atomic mass is 9.82. The van der Waals surface area contributed by atoms with Crippen molar-refractivity contribution in [3.05, 3.63) is 206 Å². The largest absolute Gasteiger partial charge is 0.456 e. The Balaban J connectivity index is 1.19. The topological polar surface area (TPSA) is 13.1 Å². The summed E-state index contributed by atoms with van der Waals surface area (Å²) in [6, 6.07) is 75.0. The molecule has 55 heavy (non-hydrogen) atoms. The average molecular weight is 699 g/mol. The predicted octanol–water partition coefficient (Wildman–Crippen LogP) is 15.4. The molecule has 1 aromatic heterocycles. The zero-order chi connectivity index (χ0) is 36.3. The first-order chi connectivity index (χ1) is 27.3. The number of furan rings is 1. The van der Waals surface area contributed by atoms with Crippen LogP contribution in [0.1, 0.15) is 0 Å². The van der Waals surface area contributed by atoms with E-state index < -0.39 is 0 Å². The van der Waals surface area contributed by atoms with E-state index in [1.165, 1.54) is 88.0 Å². The van der Waals surface area contributed by atoms with Crippen LogP contribution >= 0.6 is 0 Å². The molecule has 0 N–H and O–H groups in total. The van der Waals surface area contributed by atoms with Crippen molar-refractivity contribution in [1.29, 1.82) is 0 Å². The van der Waals surface area contributed by atoms with Gasteiger partial charge in [-0.2, -0.15) is 0 Å². The number of fused-ring (bicyclic) bond motifs is 6. The molecule has 256 valence electrons. The third kappa shape index (κ3) is 5.24. The molecule has 10 aromatic carbocycles. The second-order valence-corrected chi connectivity index (χ2v) is 14.4. The fraction of sp³-hybridized carbons (Fsp3) is 0. The Morgan fingerprint density at radius 1 is 0.236 bits per heavy atom. The van der Waals surface area contributed by atoms with Crippen molar-refractivity contribution in [2.45, 2.75) is 0 Å². The van der Waals surface area contributed by atoms with Crippen molar-refractivity contribution < 1.29 is 4.42 Å². The quantitative estimate of drug-likeness (QED) is 0.163. The van der Waals surface area contributed by atoms with Gasteiger partial charge in [-0.05, 0) is 118 Å². The molecular weight excluding hydrogens is 665 g/mol. The van der Waals surface area contributed by atoms with Gasteiger partial charge in [0.1, 0.15) is 11.2 Å². The fourth-order valence-corrected chi connectivity index (χ4v) is 8.63. The summed E-state index contributed by atoms with van der Waals surface area (Å²) in [6.07, 6.45) is 0. The van der Waals surface area contributed by atoms with Crippen LogP contribution < -0.4 is 0 Å². The highest BCUT2D eigenvalue weighted by Crippen LogP contribution is 2.47. The minimum absolute atomic E-state index is 0.912. The summed E-state index contributed by atoms with van der Waals surface area (Å²) in [6.45, 7) is 0. The number of rotatable bonds is 5. The Morgan fingerprint density at radius 2 is 0.709 bits per heavy atom. The summed E-state index contributed by atoms with van der Waals surface area (Å²) in [5.41, 5.74) is 13.9. The van der Waals surface area contributed by atoms with E-state index in [0.29, 0.717) is 0 Å². The van der Waals surface area contributed by atoms with Crippen molar-refractivity contribution >= 4 is 54.3 Å². The molecule has 1 nitrogen and oxygen atoms in total. The molecule has 0 radical (unpaired) electrons. The predicted molar refractivity (Wildman–Crippen MR) is 233 cm³/mol. The second kappa shape index (κ2) is 12.7. The minimum atomic E-state index is 0.912. The summed E-state index contributed by atoms with van der Waals surface area (Å²) >= 11 is 0. The fourth-order valence-electron chi connectivity index (χ4n) is 8.63. The number of para-hydroxylation sites is 1. The standard InChI is InChI=1S/C54H34O/c1-3-12-35(13-4-1)40-27-30-47-49(33-40)53(39-24-22-37(23-25-39)42-28-31-52-48(32-42)44-19-9-10-21-51(44)55-52)46-29-26-41(36-14-5-2-6-15-36)34-50(46)54(47)45-20-11-17-38-16-7-8-18-43(38)45/h1-34H. The van der Waals surface area contributed by atoms with Gasteiger partial charge in [-0.3, -0.25) is 0 Å². The van der Waals surface area contributed by atoms with Crippen molar-refractivity contribution in [3.8, 4) is 55.6 Å². The van der Waals surface area contributed by atoms with Gasteiger partial charge >= 0.3 is 0 Å². The lowest BCUT2D eigenvalue weighted by molar-refractivity contribution is 0.669. The van der Waals surface area contributed by atoms with E-state index in [9.17, 15) is 0 Å². The zero-order valence-electron chi connectivity index (χ0n) is 30.0. The minimum Gasteiger partial charge on any atom is -0.456 e. The van der Waals surface area contributed by atoms with E-state index in [4.69, 9.17) is 4.42 Å². The molecule has 0 fully saturated rings. The van der Waals surface area contributed by atoms with E-state index in [1.54, 1.807) is 0 Å². The highest BCUT2D eigenvalue weighted by Gasteiger charge is 2.20. The summed E-state index contributed by atoms with van der Waals surface area (Å²) in [5.74, 6) is 0. The summed E-state index contributed by atoms with van der Waals surface area (Å²) < 4.78 is 6.15. The second-order valence-electron chi connectivity index (χ2n) is 14.4. The Labute approximate surface area is 319 Å². The maximum atomic E-state index is 6.15. The number of hydrogen-bond acceptors (Lipinski definition) is 1. The van der Waals surface area contributed by atoms with Crippen LogP contribution in [0.3, 0.4) is 0 Å². The van der Waals surface area contributed by atoms with Gasteiger partial charge in [0.2, 0.25) is 0 Å². The van der Waals surface area contributed by atoms with E-state index in [1.807, 2.05) is 12.1 Å². The molecule has 0 aliphatic heterocycles. The molecule has 0 saturated heterocycles. The maximum absolute atomic E-state index is 6.15. The van der Waals surface area contributed by atoms with Crippen molar-refractivity contribution in [3.63, 3.8) is 0 Å². The third-order valence-corrected chi connectivity index (χ3v) is 11.3. The Hall–Kier alpha value is -7.22. The lowest BCUT2D eigenvalue weighted by Gasteiger charge is -2.20. The van der Waals surface area contributed by atoms with Gasteiger partial charge in [-0.25, -0.2) is 0 Å². The van der Waals surface area contributed by atoms with Crippen molar-refractivity contribution in [2.75, 3.05) is 0 Å². The van der Waals surface area contributed by atoms with E-state index in [2.05, 4.69) is 194 Å². The van der Waals surface area contributed by atoms with Gasteiger partial charge < -0.3 is 4.42 Å². The molecule has 1 heteroatoms. The highest BCUT2D eigenvalue weighted by atomic mass is 16.3. The van der Waals surface area contributed by atoms with E-state index >= 15 is 0 Å². The van der Waals surface area contributed by atoms with Gasteiger partial charge in [-0.1, -0.05) is 176 Å². The monoisotopic (exact) mass is 698 g/mol. The van der Waals surface area contributed by atoms with Crippen LogP contribution in [0.5, 0.6) is 0 Å². The molecule has 0 amide bonds. The highest BCUT2D eigenvalue weighted by molar-refractivity contribution is 6.24. The molecule has 0 saturated carbocycles. The zero-order valence-corrected chi connectivity index (χ0v) is 30.0. The molecule has 11 aromatic rings. The van der Waals surface area contributed by atoms with Crippen molar-refractivity contribution in [2.24, 2.45) is 0 Å². The molecule has 1 heterocycles. The summed E-state index contributed by atoms with van der Waals surface area (Å²) in [4.78, 5) is 0. The smallest absolute Gasteiger partial charge is 0.135 e. The van der Waals surface area contributed by atoms with Crippen LogP contribution in [0.4, 0.5) is 0 Å². The first kappa shape index (κ1) is 31.3. The van der Waals surface area contributed by atoms with Crippen LogP contribution in [0.2, 0.25) is 0 Å². The molecule has 0 unspecified atom stereocenters. The summed E-state index contributed by atoms with van der Waals surface area (Å²) in [7, 11) is 0. The first-order valence-electron chi connectivity index (χ1n) is 18.9. The molecule has 0 spiro atoms. The summed E-state index contributed by atoms with van der Waals surface area (Å²) in [5, 5.41) is 9.74. The SMILES string of the molecule is c1ccc(-c2ccc3c(-c4cccc5ccccc45)c4cc(-c5ccccc5)ccc4c(-c4ccc(-c5ccc6oc7ccccc7c6c5)cc4)c3c2)cc1. The number of hydrogen-bond donors (Lipinski definition) is 0. The Morgan fingerprint density at radius 3 is 1.42 bits per heavy atom. The first-order valence-corrected chi connectivity index (χ1v) is 18.9. The Kier molecular flexibility index (Phi) is 7.25. The van der Waals surface area contributed by atoms with Crippen LogP contribution in [-0.4, -0.2) is 0 Å². The van der Waals surface area contributed by atoms with Gasteiger partial charge in [0.05, 0.1) is 0 Å². The van der Waals surface area contributed by atoms with Crippen LogP contribution in [0, 0.1) is 0 Å². The van der Waals surface area contributed by atoms with Crippen LogP contribution in [0.25, 0.3) is 110 Å². The molecule has 0 aliphatic carbocycles. The van der Waals surface area contributed by atoms with Crippen LogP contribution in [0.15, 0.2) is 211 Å². The molecular formula is C54H34O. The van der Waals surface area contributed by atoms with Gasteiger partial charge in [0, 0.05) is 10.8 Å². The van der Waals surface area contributed by atoms with E-state index in [-0.39, 0.29) is 0 Å². The molecule has 0 atom stereocenters. The number of benzene rings is 10. The van der Waals surface area contributed by atoms with Gasteiger partial charge in [0.25, 0.3) is 0 Å². The third-order valence-electron chi connectivity index (χ3n) is 11.3. The van der Waals surface area contributed by atoms with Crippen LogP contribution in [-0.2, 0) is 0 Å². The maximum Gasteiger partial charge on any atom is 0.135 e. The molecule has 0 bridgehead atoms. The van der Waals surface area contributed by atoms with Crippen molar-refractivity contribution in [1.82, 2.24) is 0 Å². The normalized spacial score (nSPS) is 11.6. The van der Waals surface area contributed by atoms with E-state index in [0.717, 1.165) is 21.9 Å². The molecule has 11 rings (SSSR count). The van der Waals surface area contributed by atoms with Gasteiger partial charge in [0.15, 0.2) is 0 Å².